The Kier molecular flexibility index (Phi) is 6.97. The van der Waals surface area contributed by atoms with Crippen LogP contribution in [0.5, 0.6) is 0 Å². The standard InChI is InChI=1S/C8H11NO2S.CH4O3S/c1-9-6(5-8(10)11)7-3-2-4-12-7;1-5(2,3)4/h2-4,6,9H,5H2,1H3,(H,10,11);1H3,(H,2,3,4). The zero-order valence-electron chi connectivity index (χ0n) is 9.45. The van der Waals surface area contributed by atoms with Gasteiger partial charge in [0.15, 0.2) is 0 Å². The third kappa shape index (κ3) is 9.94. The number of carboxylic acids is 1. The molecule has 6 nitrogen and oxygen atoms in total. The monoisotopic (exact) mass is 281 g/mol. The van der Waals surface area contributed by atoms with Gasteiger partial charge in [0, 0.05) is 4.88 Å². The SMILES string of the molecule is CNC(CC(=O)O)c1cccs1.CS(=O)(=O)O. The van der Waals surface area contributed by atoms with E-state index in [-0.39, 0.29) is 12.5 Å². The topological polar surface area (TPSA) is 104 Å². The maximum absolute atomic E-state index is 10.4. The molecule has 1 rings (SSSR count). The minimum Gasteiger partial charge on any atom is -0.481 e. The molecule has 0 aliphatic heterocycles. The fourth-order valence-electron chi connectivity index (χ4n) is 1.01. The first kappa shape index (κ1) is 16.0. The van der Waals surface area contributed by atoms with E-state index >= 15 is 0 Å². The Hall–Kier alpha value is -0.960. The largest absolute Gasteiger partial charge is 0.481 e. The summed E-state index contributed by atoms with van der Waals surface area (Å²) in [6.07, 6.45) is 0.851. The molecule has 0 aliphatic carbocycles. The van der Waals surface area contributed by atoms with Gasteiger partial charge in [-0.25, -0.2) is 0 Å². The quantitative estimate of drug-likeness (QED) is 0.711. The molecule has 0 spiro atoms. The van der Waals surface area contributed by atoms with Gasteiger partial charge in [-0.3, -0.25) is 9.35 Å². The second-order valence-corrected chi connectivity index (χ2v) is 5.63. The maximum Gasteiger partial charge on any atom is 0.305 e. The van der Waals surface area contributed by atoms with Gasteiger partial charge in [-0.05, 0) is 18.5 Å². The van der Waals surface area contributed by atoms with Gasteiger partial charge < -0.3 is 10.4 Å². The van der Waals surface area contributed by atoms with E-state index in [1.165, 1.54) is 0 Å². The molecule has 0 aromatic carbocycles. The van der Waals surface area contributed by atoms with Crippen LogP contribution in [-0.2, 0) is 14.9 Å². The molecule has 0 aliphatic rings. The van der Waals surface area contributed by atoms with Crippen molar-refractivity contribution in [2.45, 2.75) is 12.5 Å². The highest BCUT2D eigenvalue weighted by molar-refractivity contribution is 7.85. The molecule has 0 bridgehead atoms. The summed E-state index contributed by atoms with van der Waals surface area (Å²) in [6.45, 7) is 0. The number of rotatable bonds is 4. The number of thiophene rings is 1. The summed E-state index contributed by atoms with van der Waals surface area (Å²) in [6, 6.07) is 3.81. The molecular formula is C9H15NO5S2. The van der Waals surface area contributed by atoms with Crippen molar-refractivity contribution in [2.75, 3.05) is 13.3 Å². The molecule has 17 heavy (non-hydrogen) atoms. The summed E-state index contributed by atoms with van der Waals surface area (Å²) in [5, 5.41) is 13.5. The van der Waals surface area contributed by atoms with Crippen LogP contribution >= 0.6 is 11.3 Å². The predicted molar refractivity (Wildman–Crippen MR) is 65.8 cm³/mol. The molecule has 0 radical (unpaired) electrons. The third-order valence-corrected chi connectivity index (χ3v) is 2.60. The second-order valence-electron chi connectivity index (χ2n) is 3.19. The Morgan fingerprint density at radius 1 is 1.59 bits per heavy atom. The Balaban J connectivity index is 0.000000437. The number of hydrogen-bond acceptors (Lipinski definition) is 5. The zero-order chi connectivity index (χ0) is 13.5. The fourth-order valence-corrected chi connectivity index (χ4v) is 1.85. The molecule has 98 valence electrons. The summed E-state index contributed by atoms with van der Waals surface area (Å²) in [4.78, 5) is 11.5. The molecule has 0 saturated heterocycles. The summed E-state index contributed by atoms with van der Waals surface area (Å²) in [5.74, 6) is -0.775. The number of nitrogens with one attached hydrogen (secondary N) is 1. The van der Waals surface area contributed by atoms with Crippen molar-refractivity contribution >= 4 is 27.4 Å². The van der Waals surface area contributed by atoms with Gasteiger partial charge in [-0.2, -0.15) is 8.42 Å². The average Bonchev–Trinajstić information content (AvgIpc) is 2.63. The number of carbonyl (C=O) groups is 1. The first-order valence-electron chi connectivity index (χ1n) is 4.59. The van der Waals surface area contributed by atoms with E-state index in [4.69, 9.17) is 9.66 Å². The smallest absolute Gasteiger partial charge is 0.305 e. The van der Waals surface area contributed by atoms with Gasteiger partial charge in [0.1, 0.15) is 0 Å². The van der Waals surface area contributed by atoms with Crippen LogP contribution in [0.1, 0.15) is 17.3 Å². The van der Waals surface area contributed by atoms with Crippen LogP contribution in [0.25, 0.3) is 0 Å². The van der Waals surface area contributed by atoms with Crippen LogP contribution in [0.3, 0.4) is 0 Å². The lowest BCUT2D eigenvalue weighted by molar-refractivity contribution is -0.137. The fraction of sp³-hybridized carbons (Fsp3) is 0.444. The molecule has 0 saturated carbocycles. The lowest BCUT2D eigenvalue weighted by Gasteiger charge is -2.10. The van der Waals surface area contributed by atoms with E-state index in [1.807, 2.05) is 17.5 Å². The van der Waals surface area contributed by atoms with Crippen molar-refractivity contribution in [3.8, 4) is 0 Å². The molecule has 1 aromatic rings. The Morgan fingerprint density at radius 3 is 2.41 bits per heavy atom. The molecule has 1 atom stereocenters. The van der Waals surface area contributed by atoms with E-state index < -0.39 is 16.1 Å². The van der Waals surface area contributed by atoms with Crippen molar-refractivity contribution in [3.63, 3.8) is 0 Å². The molecule has 1 aromatic heterocycles. The van der Waals surface area contributed by atoms with Crippen molar-refractivity contribution in [1.29, 1.82) is 0 Å². The number of aliphatic carboxylic acids is 1. The van der Waals surface area contributed by atoms with Crippen LogP contribution in [0.2, 0.25) is 0 Å². The molecule has 8 heteroatoms. The second kappa shape index (κ2) is 7.38. The van der Waals surface area contributed by atoms with Gasteiger partial charge in [-0.1, -0.05) is 6.07 Å². The third-order valence-electron chi connectivity index (χ3n) is 1.61. The normalized spacial score (nSPS) is 12.4. The average molecular weight is 281 g/mol. The van der Waals surface area contributed by atoms with Crippen molar-refractivity contribution in [1.82, 2.24) is 5.32 Å². The Morgan fingerprint density at radius 2 is 2.12 bits per heavy atom. The van der Waals surface area contributed by atoms with Crippen molar-refractivity contribution in [2.24, 2.45) is 0 Å². The summed E-state index contributed by atoms with van der Waals surface area (Å²) in [5.41, 5.74) is 0. The lowest BCUT2D eigenvalue weighted by atomic mass is 10.2. The lowest BCUT2D eigenvalue weighted by Crippen LogP contribution is -2.18. The van der Waals surface area contributed by atoms with Gasteiger partial charge in [0.2, 0.25) is 0 Å². The summed E-state index contributed by atoms with van der Waals surface area (Å²) >= 11 is 1.57. The highest BCUT2D eigenvalue weighted by atomic mass is 32.2. The molecule has 0 amide bonds. The van der Waals surface area contributed by atoms with E-state index in [0.717, 1.165) is 4.88 Å². The summed E-state index contributed by atoms with van der Waals surface area (Å²) in [7, 11) is -1.90. The Bertz CT molecular complexity index is 418. The van der Waals surface area contributed by atoms with Gasteiger partial charge in [0.05, 0.1) is 18.7 Å². The van der Waals surface area contributed by atoms with Gasteiger partial charge in [-0.15, -0.1) is 11.3 Å². The molecular weight excluding hydrogens is 266 g/mol. The first-order valence-corrected chi connectivity index (χ1v) is 7.31. The van der Waals surface area contributed by atoms with E-state index in [9.17, 15) is 13.2 Å². The summed E-state index contributed by atoms with van der Waals surface area (Å²) < 4.78 is 25.9. The van der Waals surface area contributed by atoms with Crippen molar-refractivity contribution < 1.29 is 22.9 Å². The highest BCUT2D eigenvalue weighted by Gasteiger charge is 2.13. The maximum atomic E-state index is 10.4. The first-order chi connectivity index (χ1) is 7.74. The molecule has 1 heterocycles. The van der Waals surface area contributed by atoms with Crippen LogP contribution < -0.4 is 5.32 Å². The highest BCUT2D eigenvalue weighted by Crippen LogP contribution is 2.21. The van der Waals surface area contributed by atoms with Gasteiger partial charge >= 0.3 is 5.97 Å². The number of hydrogen-bond donors (Lipinski definition) is 3. The van der Waals surface area contributed by atoms with Crippen LogP contribution in [0, 0.1) is 0 Å². The van der Waals surface area contributed by atoms with E-state index in [2.05, 4.69) is 5.32 Å². The van der Waals surface area contributed by atoms with Crippen molar-refractivity contribution in [3.05, 3.63) is 22.4 Å². The molecule has 3 N–H and O–H groups in total. The van der Waals surface area contributed by atoms with E-state index in [1.54, 1.807) is 18.4 Å². The van der Waals surface area contributed by atoms with E-state index in [0.29, 0.717) is 6.26 Å². The minimum absolute atomic E-state index is 0.0532. The minimum atomic E-state index is -3.67. The molecule has 1 unspecified atom stereocenters. The van der Waals surface area contributed by atoms with Crippen LogP contribution in [-0.4, -0.2) is 37.3 Å². The predicted octanol–water partition coefficient (Wildman–Crippen LogP) is 0.987. The number of carboxylic acid groups (broad SMARTS) is 1. The Labute approximate surface area is 104 Å². The van der Waals surface area contributed by atoms with Gasteiger partial charge in [0.25, 0.3) is 10.1 Å². The van der Waals surface area contributed by atoms with Crippen LogP contribution in [0.4, 0.5) is 0 Å². The van der Waals surface area contributed by atoms with Crippen LogP contribution in [0.15, 0.2) is 17.5 Å². The molecule has 0 fully saturated rings. The zero-order valence-corrected chi connectivity index (χ0v) is 11.1.